The average molecular weight is 312 g/mol. The van der Waals surface area contributed by atoms with Gasteiger partial charge in [0.25, 0.3) is 0 Å². The molecule has 1 aliphatic rings. The largest absolute Gasteiger partial charge is 0.465 e. The highest BCUT2D eigenvalue weighted by Gasteiger charge is 2.33. The van der Waals surface area contributed by atoms with Crippen molar-refractivity contribution in [1.82, 2.24) is 0 Å². The van der Waals surface area contributed by atoms with Crippen molar-refractivity contribution in [3.8, 4) is 0 Å². The molecule has 0 aromatic rings. The van der Waals surface area contributed by atoms with Gasteiger partial charge in [0.05, 0.1) is 25.0 Å². The number of hydrogen-bond acceptors (Lipinski definition) is 4. The van der Waals surface area contributed by atoms with Gasteiger partial charge in [-0.1, -0.05) is 34.6 Å². The Labute approximate surface area is 134 Å². The topological polar surface area (TPSA) is 52.6 Å². The SMILES string of the molecule is CC(C)COC(=O)C1CCC(C)CC(C(=O)OCC(C)C)C1. The zero-order valence-corrected chi connectivity index (χ0v) is 14.8. The van der Waals surface area contributed by atoms with E-state index in [0.29, 0.717) is 37.4 Å². The second-order valence-corrected chi connectivity index (χ2v) is 7.60. The monoisotopic (exact) mass is 312 g/mol. The van der Waals surface area contributed by atoms with Crippen LogP contribution in [0.3, 0.4) is 0 Å². The summed E-state index contributed by atoms with van der Waals surface area (Å²) in [5, 5.41) is 0. The summed E-state index contributed by atoms with van der Waals surface area (Å²) in [4.78, 5) is 24.5. The number of esters is 2. The summed E-state index contributed by atoms with van der Waals surface area (Å²) in [6, 6.07) is 0. The van der Waals surface area contributed by atoms with Crippen LogP contribution in [0.4, 0.5) is 0 Å². The summed E-state index contributed by atoms with van der Waals surface area (Å²) in [6.07, 6.45) is 3.16. The molecule has 3 atom stereocenters. The Morgan fingerprint density at radius 2 is 1.36 bits per heavy atom. The first-order valence-corrected chi connectivity index (χ1v) is 8.62. The fraction of sp³-hybridized carbons (Fsp3) is 0.889. The van der Waals surface area contributed by atoms with E-state index in [4.69, 9.17) is 9.47 Å². The predicted octanol–water partition coefficient (Wildman–Crippen LogP) is 3.83. The lowest BCUT2D eigenvalue weighted by molar-refractivity contribution is -0.154. The molecule has 0 aliphatic heterocycles. The van der Waals surface area contributed by atoms with Crippen LogP contribution in [-0.2, 0) is 19.1 Å². The van der Waals surface area contributed by atoms with Gasteiger partial charge in [0, 0.05) is 0 Å². The Kier molecular flexibility index (Phi) is 7.91. The second kappa shape index (κ2) is 9.16. The third-order valence-corrected chi connectivity index (χ3v) is 4.05. The van der Waals surface area contributed by atoms with Crippen molar-refractivity contribution < 1.29 is 19.1 Å². The molecule has 0 aromatic carbocycles. The van der Waals surface area contributed by atoms with Crippen molar-refractivity contribution in [2.75, 3.05) is 13.2 Å². The lowest BCUT2D eigenvalue weighted by Gasteiger charge is -2.19. The molecule has 0 saturated heterocycles. The van der Waals surface area contributed by atoms with E-state index >= 15 is 0 Å². The van der Waals surface area contributed by atoms with E-state index in [1.165, 1.54) is 0 Å². The molecule has 0 N–H and O–H groups in total. The normalized spacial score (nSPS) is 25.9. The third kappa shape index (κ3) is 6.80. The summed E-state index contributed by atoms with van der Waals surface area (Å²) in [6.45, 7) is 11.1. The van der Waals surface area contributed by atoms with Gasteiger partial charge in [-0.05, 0) is 43.4 Å². The van der Waals surface area contributed by atoms with Crippen molar-refractivity contribution in [1.29, 1.82) is 0 Å². The Bertz CT molecular complexity index is 362. The number of rotatable bonds is 6. The van der Waals surface area contributed by atoms with Gasteiger partial charge >= 0.3 is 11.9 Å². The van der Waals surface area contributed by atoms with Crippen LogP contribution >= 0.6 is 0 Å². The van der Waals surface area contributed by atoms with E-state index in [9.17, 15) is 9.59 Å². The van der Waals surface area contributed by atoms with Gasteiger partial charge in [-0.2, -0.15) is 0 Å². The maximum atomic E-state index is 12.3. The Morgan fingerprint density at radius 1 is 0.864 bits per heavy atom. The first-order valence-electron chi connectivity index (χ1n) is 8.62. The van der Waals surface area contributed by atoms with Gasteiger partial charge < -0.3 is 9.47 Å². The first kappa shape index (κ1) is 19.0. The predicted molar refractivity (Wildman–Crippen MR) is 86.2 cm³/mol. The maximum absolute atomic E-state index is 12.3. The van der Waals surface area contributed by atoms with E-state index < -0.39 is 0 Å². The van der Waals surface area contributed by atoms with Crippen LogP contribution < -0.4 is 0 Å². The molecular weight excluding hydrogens is 280 g/mol. The maximum Gasteiger partial charge on any atom is 0.308 e. The number of ether oxygens (including phenoxy) is 2. The third-order valence-electron chi connectivity index (χ3n) is 4.05. The van der Waals surface area contributed by atoms with Gasteiger partial charge in [-0.25, -0.2) is 0 Å². The highest BCUT2D eigenvalue weighted by molar-refractivity contribution is 5.76. The highest BCUT2D eigenvalue weighted by Crippen LogP contribution is 2.33. The molecule has 1 saturated carbocycles. The minimum Gasteiger partial charge on any atom is -0.465 e. The molecule has 128 valence electrons. The minimum absolute atomic E-state index is 0.149. The van der Waals surface area contributed by atoms with Crippen molar-refractivity contribution in [3.63, 3.8) is 0 Å². The highest BCUT2D eigenvalue weighted by atomic mass is 16.5. The van der Waals surface area contributed by atoms with Crippen LogP contribution in [-0.4, -0.2) is 25.2 Å². The van der Waals surface area contributed by atoms with Crippen LogP contribution in [0.25, 0.3) is 0 Å². The van der Waals surface area contributed by atoms with Gasteiger partial charge in [0.1, 0.15) is 0 Å². The van der Waals surface area contributed by atoms with Gasteiger partial charge in [0.2, 0.25) is 0 Å². The first-order chi connectivity index (χ1) is 10.3. The van der Waals surface area contributed by atoms with Crippen molar-refractivity contribution >= 4 is 11.9 Å². The summed E-state index contributed by atoms with van der Waals surface area (Å²) in [5.74, 6) is 0.473. The average Bonchev–Trinajstić information content (AvgIpc) is 2.64. The molecule has 0 bridgehead atoms. The van der Waals surface area contributed by atoms with Crippen LogP contribution in [0.15, 0.2) is 0 Å². The summed E-state index contributed by atoms with van der Waals surface area (Å²) < 4.78 is 10.8. The molecule has 0 spiro atoms. The van der Waals surface area contributed by atoms with E-state index in [2.05, 4.69) is 6.92 Å². The van der Waals surface area contributed by atoms with Crippen LogP contribution in [0.5, 0.6) is 0 Å². The standard InChI is InChI=1S/C18H32O4/c1-12(2)10-21-17(19)15-7-6-14(5)8-16(9-15)18(20)22-11-13(3)4/h12-16H,6-11H2,1-5H3. The molecule has 0 amide bonds. The zero-order valence-electron chi connectivity index (χ0n) is 14.8. The van der Waals surface area contributed by atoms with Gasteiger partial charge in [-0.15, -0.1) is 0 Å². The van der Waals surface area contributed by atoms with Gasteiger partial charge in [0.15, 0.2) is 0 Å². The van der Waals surface area contributed by atoms with Crippen molar-refractivity contribution in [3.05, 3.63) is 0 Å². The van der Waals surface area contributed by atoms with E-state index in [-0.39, 0.29) is 23.8 Å². The molecule has 0 aromatic heterocycles. The molecule has 4 heteroatoms. The zero-order chi connectivity index (χ0) is 16.7. The molecule has 22 heavy (non-hydrogen) atoms. The van der Waals surface area contributed by atoms with Crippen LogP contribution in [0.2, 0.25) is 0 Å². The Balaban J connectivity index is 2.61. The summed E-state index contributed by atoms with van der Waals surface area (Å²) >= 11 is 0. The van der Waals surface area contributed by atoms with Gasteiger partial charge in [-0.3, -0.25) is 9.59 Å². The van der Waals surface area contributed by atoms with Crippen molar-refractivity contribution in [2.45, 2.75) is 60.3 Å². The number of carbonyl (C=O) groups is 2. The summed E-state index contributed by atoms with van der Waals surface area (Å²) in [7, 11) is 0. The molecule has 4 nitrogen and oxygen atoms in total. The molecule has 3 unspecified atom stereocenters. The van der Waals surface area contributed by atoms with Crippen LogP contribution in [0, 0.1) is 29.6 Å². The lowest BCUT2D eigenvalue weighted by atomic mass is 9.92. The molecule has 1 fully saturated rings. The Hall–Kier alpha value is -1.06. The quantitative estimate of drug-likeness (QED) is 0.552. The summed E-state index contributed by atoms with van der Waals surface area (Å²) in [5.41, 5.74) is 0. The molecule has 1 aliphatic carbocycles. The number of carbonyl (C=O) groups excluding carboxylic acids is 2. The Morgan fingerprint density at radius 3 is 1.86 bits per heavy atom. The fourth-order valence-corrected chi connectivity index (χ4v) is 2.79. The minimum atomic E-state index is -0.173. The van der Waals surface area contributed by atoms with E-state index in [1.807, 2.05) is 27.7 Å². The molecule has 1 rings (SSSR count). The molecule has 0 heterocycles. The van der Waals surface area contributed by atoms with Crippen molar-refractivity contribution in [2.24, 2.45) is 29.6 Å². The van der Waals surface area contributed by atoms with E-state index in [1.54, 1.807) is 0 Å². The van der Waals surface area contributed by atoms with E-state index in [0.717, 1.165) is 19.3 Å². The second-order valence-electron chi connectivity index (χ2n) is 7.60. The molecular formula is C18H32O4. The smallest absolute Gasteiger partial charge is 0.308 e. The lowest BCUT2D eigenvalue weighted by Crippen LogP contribution is -2.26. The fourth-order valence-electron chi connectivity index (χ4n) is 2.79. The van der Waals surface area contributed by atoms with Crippen LogP contribution in [0.1, 0.15) is 60.3 Å². The number of hydrogen-bond donors (Lipinski definition) is 0. The molecule has 0 radical (unpaired) electrons.